The molecule has 0 heterocycles. The van der Waals surface area contributed by atoms with Gasteiger partial charge >= 0.3 is 6.03 Å². The monoisotopic (exact) mass is 248 g/mol. The lowest BCUT2D eigenvalue weighted by Crippen LogP contribution is -2.40. The molecule has 0 atom stereocenters. The Labute approximate surface area is 110 Å². The van der Waals surface area contributed by atoms with Crippen LogP contribution in [-0.4, -0.2) is 24.0 Å². The normalized spacial score (nSPS) is 10.2. The fourth-order valence-electron chi connectivity index (χ4n) is 1.85. The van der Waals surface area contributed by atoms with E-state index in [4.69, 9.17) is 0 Å². The van der Waals surface area contributed by atoms with Crippen molar-refractivity contribution in [3.05, 3.63) is 35.4 Å². The van der Waals surface area contributed by atoms with Crippen molar-refractivity contribution in [1.29, 1.82) is 0 Å². The van der Waals surface area contributed by atoms with E-state index in [1.807, 2.05) is 4.90 Å². The summed E-state index contributed by atoms with van der Waals surface area (Å²) >= 11 is 0. The Hall–Kier alpha value is -1.51. The molecule has 18 heavy (non-hydrogen) atoms. The molecule has 100 valence electrons. The second-order valence-corrected chi connectivity index (χ2v) is 4.63. The van der Waals surface area contributed by atoms with E-state index in [0.29, 0.717) is 6.54 Å². The highest BCUT2D eigenvalue weighted by molar-refractivity contribution is 5.74. The van der Waals surface area contributed by atoms with Gasteiger partial charge in [0.25, 0.3) is 0 Å². The highest BCUT2D eigenvalue weighted by Crippen LogP contribution is 2.03. The van der Waals surface area contributed by atoms with Crippen LogP contribution >= 0.6 is 0 Å². The van der Waals surface area contributed by atoms with Crippen LogP contribution < -0.4 is 5.32 Å². The molecule has 1 rings (SSSR count). The summed E-state index contributed by atoms with van der Waals surface area (Å²) in [5.41, 5.74) is 2.38. The fourth-order valence-corrected chi connectivity index (χ4v) is 1.85. The molecular weight excluding hydrogens is 224 g/mol. The summed E-state index contributed by atoms with van der Waals surface area (Å²) in [7, 11) is 0. The summed E-state index contributed by atoms with van der Waals surface area (Å²) in [6.45, 7) is 8.50. The predicted molar refractivity (Wildman–Crippen MR) is 75.6 cm³/mol. The number of nitrogens with zero attached hydrogens (tertiary/aromatic N) is 1. The molecule has 0 bridgehead atoms. The van der Waals surface area contributed by atoms with Crippen molar-refractivity contribution in [1.82, 2.24) is 10.2 Å². The van der Waals surface area contributed by atoms with E-state index < -0.39 is 0 Å². The lowest BCUT2D eigenvalue weighted by Gasteiger charge is -2.21. The molecule has 0 aliphatic heterocycles. The van der Waals surface area contributed by atoms with Gasteiger partial charge in [-0.15, -0.1) is 0 Å². The van der Waals surface area contributed by atoms with Crippen LogP contribution in [0, 0.1) is 6.92 Å². The lowest BCUT2D eigenvalue weighted by molar-refractivity contribution is 0.197. The minimum Gasteiger partial charge on any atom is -0.334 e. The first-order chi connectivity index (χ1) is 8.67. The van der Waals surface area contributed by atoms with Crippen molar-refractivity contribution < 1.29 is 4.79 Å². The predicted octanol–water partition coefficient (Wildman–Crippen LogP) is 3.33. The summed E-state index contributed by atoms with van der Waals surface area (Å²) < 4.78 is 0. The van der Waals surface area contributed by atoms with E-state index in [0.717, 1.165) is 31.5 Å². The maximum absolute atomic E-state index is 12.0. The summed E-state index contributed by atoms with van der Waals surface area (Å²) in [6.07, 6.45) is 2.00. The molecular formula is C15H24N2O. The van der Waals surface area contributed by atoms with Crippen LogP contribution in [0.2, 0.25) is 0 Å². The molecule has 0 aromatic heterocycles. The van der Waals surface area contributed by atoms with Crippen molar-refractivity contribution in [3.8, 4) is 0 Å². The van der Waals surface area contributed by atoms with Gasteiger partial charge in [0.15, 0.2) is 0 Å². The third-order valence-electron chi connectivity index (χ3n) is 2.84. The highest BCUT2D eigenvalue weighted by Gasteiger charge is 2.10. The summed E-state index contributed by atoms with van der Waals surface area (Å²) in [5, 5.41) is 2.98. The summed E-state index contributed by atoms with van der Waals surface area (Å²) in [5.74, 6) is 0. The zero-order chi connectivity index (χ0) is 13.4. The van der Waals surface area contributed by atoms with E-state index in [1.54, 1.807) is 0 Å². The zero-order valence-electron chi connectivity index (χ0n) is 11.7. The molecule has 1 aromatic carbocycles. The van der Waals surface area contributed by atoms with Crippen molar-refractivity contribution >= 4 is 6.03 Å². The smallest absolute Gasteiger partial charge is 0.317 e. The number of benzene rings is 1. The summed E-state index contributed by atoms with van der Waals surface area (Å²) in [4.78, 5) is 13.9. The Balaban J connectivity index is 2.45. The molecule has 2 amide bonds. The van der Waals surface area contributed by atoms with Gasteiger partial charge in [0.1, 0.15) is 0 Å². The Morgan fingerprint density at radius 2 is 1.67 bits per heavy atom. The molecule has 0 aliphatic carbocycles. The molecule has 0 fully saturated rings. The quantitative estimate of drug-likeness (QED) is 0.823. The molecule has 0 saturated heterocycles. The Morgan fingerprint density at radius 3 is 2.17 bits per heavy atom. The molecule has 0 unspecified atom stereocenters. The largest absolute Gasteiger partial charge is 0.334 e. The topological polar surface area (TPSA) is 32.3 Å². The first kappa shape index (κ1) is 14.6. The summed E-state index contributed by atoms with van der Waals surface area (Å²) in [6, 6.07) is 8.28. The Bertz CT molecular complexity index is 353. The molecule has 0 aliphatic rings. The maximum atomic E-state index is 12.0. The standard InChI is InChI=1S/C15H24N2O/c1-4-10-17(11-5-2)15(18)16-12-14-8-6-13(3)7-9-14/h6-9H,4-5,10-12H2,1-3H3,(H,16,18). The number of hydrogen-bond acceptors (Lipinski definition) is 1. The van der Waals surface area contributed by atoms with Crippen LogP contribution in [-0.2, 0) is 6.54 Å². The van der Waals surface area contributed by atoms with Gasteiger partial charge in [-0.25, -0.2) is 4.79 Å². The molecule has 3 heteroatoms. The third-order valence-corrected chi connectivity index (χ3v) is 2.84. The van der Waals surface area contributed by atoms with Gasteiger partial charge in [0, 0.05) is 19.6 Å². The lowest BCUT2D eigenvalue weighted by atomic mass is 10.1. The van der Waals surface area contributed by atoms with E-state index in [-0.39, 0.29) is 6.03 Å². The molecule has 1 aromatic rings. The molecule has 0 radical (unpaired) electrons. The zero-order valence-corrected chi connectivity index (χ0v) is 11.7. The molecule has 3 nitrogen and oxygen atoms in total. The third kappa shape index (κ3) is 4.78. The molecule has 0 spiro atoms. The van der Waals surface area contributed by atoms with Crippen LogP contribution in [0.25, 0.3) is 0 Å². The number of urea groups is 1. The number of hydrogen-bond donors (Lipinski definition) is 1. The van der Waals surface area contributed by atoms with Crippen LogP contribution in [0.1, 0.15) is 37.8 Å². The van der Waals surface area contributed by atoms with Crippen LogP contribution in [0.4, 0.5) is 4.79 Å². The first-order valence-corrected chi connectivity index (χ1v) is 6.75. The molecule has 1 N–H and O–H groups in total. The average Bonchev–Trinajstić information content (AvgIpc) is 2.37. The first-order valence-electron chi connectivity index (χ1n) is 6.75. The highest BCUT2D eigenvalue weighted by atomic mass is 16.2. The Morgan fingerprint density at radius 1 is 1.11 bits per heavy atom. The van der Waals surface area contributed by atoms with Gasteiger partial charge in [-0.3, -0.25) is 0 Å². The van der Waals surface area contributed by atoms with Gasteiger partial charge < -0.3 is 10.2 Å². The number of amides is 2. The van der Waals surface area contributed by atoms with Gasteiger partial charge in [-0.05, 0) is 25.3 Å². The van der Waals surface area contributed by atoms with Crippen LogP contribution in [0.3, 0.4) is 0 Å². The van der Waals surface area contributed by atoms with Gasteiger partial charge in [-0.2, -0.15) is 0 Å². The van der Waals surface area contributed by atoms with Crippen LogP contribution in [0.5, 0.6) is 0 Å². The van der Waals surface area contributed by atoms with Crippen molar-refractivity contribution in [3.63, 3.8) is 0 Å². The van der Waals surface area contributed by atoms with Gasteiger partial charge in [0.05, 0.1) is 0 Å². The average molecular weight is 248 g/mol. The van der Waals surface area contributed by atoms with E-state index >= 15 is 0 Å². The van der Waals surface area contributed by atoms with Crippen molar-refractivity contribution in [2.24, 2.45) is 0 Å². The van der Waals surface area contributed by atoms with Gasteiger partial charge in [0.2, 0.25) is 0 Å². The Kier molecular flexibility index (Phi) is 6.26. The fraction of sp³-hybridized carbons (Fsp3) is 0.533. The second-order valence-electron chi connectivity index (χ2n) is 4.63. The number of aryl methyl sites for hydroxylation is 1. The maximum Gasteiger partial charge on any atom is 0.317 e. The minimum absolute atomic E-state index is 0.0410. The minimum atomic E-state index is 0.0410. The number of carbonyl (C=O) groups is 1. The second kappa shape index (κ2) is 7.75. The van der Waals surface area contributed by atoms with E-state index in [9.17, 15) is 4.79 Å². The number of rotatable bonds is 6. The molecule has 0 saturated carbocycles. The number of nitrogens with one attached hydrogen (secondary N) is 1. The van der Waals surface area contributed by atoms with Gasteiger partial charge in [-0.1, -0.05) is 43.7 Å². The van der Waals surface area contributed by atoms with Crippen molar-refractivity contribution in [2.45, 2.75) is 40.2 Å². The van der Waals surface area contributed by atoms with Crippen LogP contribution in [0.15, 0.2) is 24.3 Å². The van der Waals surface area contributed by atoms with E-state index in [2.05, 4.69) is 50.4 Å². The number of carbonyl (C=O) groups excluding carboxylic acids is 1. The van der Waals surface area contributed by atoms with Crippen molar-refractivity contribution in [2.75, 3.05) is 13.1 Å². The van der Waals surface area contributed by atoms with E-state index in [1.165, 1.54) is 5.56 Å². The SMILES string of the molecule is CCCN(CCC)C(=O)NCc1ccc(C)cc1.